The zero-order chi connectivity index (χ0) is 13.1. The van der Waals surface area contributed by atoms with Crippen LogP contribution in [0.1, 0.15) is 12.8 Å². The molecule has 0 amide bonds. The third-order valence-electron chi connectivity index (χ3n) is 2.83. The lowest BCUT2D eigenvalue weighted by Crippen LogP contribution is -2.03. The van der Waals surface area contributed by atoms with Crippen LogP contribution in [0, 0.1) is 0 Å². The molecule has 0 bridgehead atoms. The number of carbonyl (C=O) groups is 1. The Morgan fingerprint density at radius 3 is 2.83 bits per heavy atom. The number of rotatable bonds is 4. The first kappa shape index (κ1) is 13.2. The molecule has 2 rings (SSSR count). The lowest BCUT2D eigenvalue weighted by atomic mass is 10.2. The zero-order valence-corrected chi connectivity index (χ0v) is 11.5. The van der Waals surface area contributed by atoms with Gasteiger partial charge in [-0.3, -0.25) is 4.79 Å². The van der Waals surface area contributed by atoms with Gasteiger partial charge in [0.05, 0.1) is 22.7 Å². The summed E-state index contributed by atoms with van der Waals surface area (Å²) in [6.07, 6.45) is 3.05. The molecular formula is C13H13Cl2NO2. The minimum absolute atomic E-state index is 0.199. The summed E-state index contributed by atoms with van der Waals surface area (Å²) < 4.78 is 6.61. The van der Waals surface area contributed by atoms with E-state index in [9.17, 15) is 4.79 Å². The molecule has 5 heteroatoms. The Labute approximate surface area is 115 Å². The second kappa shape index (κ2) is 5.63. The molecule has 0 atom stereocenters. The van der Waals surface area contributed by atoms with Crippen LogP contribution < -0.4 is 0 Å². The highest BCUT2D eigenvalue weighted by molar-refractivity contribution is 6.45. The van der Waals surface area contributed by atoms with Crippen molar-refractivity contribution in [3.05, 3.63) is 34.4 Å². The van der Waals surface area contributed by atoms with E-state index in [4.69, 9.17) is 23.2 Å². The van der Waals surface area contributed by atoms with Crippen LogP contribution in [0.3, 0.4) is 0 Å². The molecule has 96 valence electrons. The van der Waals surface area contributed by atoms with Gasteiger partial charge in [0.25, 0.3) is 0 Å². The Morgan fingerprint density at radius 2 is 2.11 bits per heavy atom. The predicted octanol–water partition coefficient (Wildman–Crippen LogP) is 3.90. The predicted molar refractivity (Wildman–Crippen MR) is 73.2 cm³/mol. The number of hydrogen-bond acceptors (Lipinski definition) is 2. The van der Waals surface area contributed by atoms with Crippen LogP contribution in [-0.2, 0) is 16.1 Å². The van der Waals surface area contributed by atoms with Crippen molar-refractivity contribution in [2.24, 2.45) is 0 Å². The molecule has 0 saturated heterocycles. The highest BCUT2D eigenvalue weighted by Gasteiger charge is 2.09. The Kier molecular flexibility index (Phi) is 4.15. The Balaban J connectivity index is 2.19. The maximum atomic E-state index is 11.0. The fourth-order valence-electron chi connectivity index (χ4n) is 1.91. The Morgan fingerprint density at radius 1 is 1.33 bits per heavy atom. The van der Waals surface area contributed by atoms with Crippen LogP contribution >= 0.6 is 23.2 Å². The number of halogens is 2. The number of fused-ring (bicyclic) bond motifs is 1. The third-order valence-corrected chi connectivity index (χ3v) is 3.62. The fraction of sp³-hybridized carbons (Fsp3) is 0.308. The van der Waals surface area contributed by atoms with Crippen molar-refractivity contribution in [3.63, 3.8) is 0 Å². The van der Waals surface area contributed by atoms with Gasteiger partial charge in [-0.15, -0.1) is 0 Å². The summed E-state index contributed by atoms with van der Waals surface area (Å²) in [6.45, 7) is 0.707. The molecule has 0 aliphatic rings. The van der Waals surface area contributed by atoms with Gasteiger partial charge in [-0.2, -0.15) is 0 Å². The molecule has 3 nitrogen and oxygen atoms in total. The Hall–Kier alpha value is -1.19. The summed E-state index contributed by atoms with van der Waals surface area (Å²) in [7, 11) is 1.39. The van der Waals surface area contributed by atoms with Crippen molar-refractivity contribution in [1.82, 2.24) is 4.57 Å². The second-order valence-electron chi connectivity index (χ2n) is 3.99. The lowest BCUT2D eigenvalue weighted by Gasteiger charge is -2.07. The van der Waals surface area contributed by atoms with Crippen LogP contribution in [0.25, 0.3) is 10.9 Å². The lowest BCUT2D eigenvalue weighted by molar-refractivity contribution is -0.140. The van der Waals surface area contributed by atoms with Crippen molar-refractivity contribution in [2.45, 2.75) is 19.4 Å². The van der Waals surface area contributed by atoms with Gasteiger partial charge in [-0.25, -0.2) is 0 Å². The van der Waals surface area contributed by atoms with Gasteiger partial charge in [0.1, 0.15) is 0 Å². The monoisotopic (exact) mass is 285 g/mol. The molecule has 0 unspecified atom stereocenters. The van der Waals surface area contributed by atoms with Crippen molar-refractivity contribution < 1.29 is 9.53 Å². The van der Waals surface area contributed by atoms with Crippen LogP contribution in [0.5, 0.6) is 0 Å². The highest BCUT2D eigenvalue weighted by atomic mass is 35.5. The first-order valence-electron chi connectivity index (χ1n) is 5.63. The number of aryl methyl sites for hydroxylation is 1. The Bertz CT molecular complexity index is 578. The minimum Gasteiger partial charge on any atom is -0.469 e. The molecule has 0 aliphatic carbocycles. The molecule has 0 saturated carbocycles. The van der Waals surface area contributed by atoms with Crippen molar-refractivity contribution in [1.29, 1.82) is 0 Å². The van der Waals surface area contributed by atoms with Gasteiger partial charge >= 0.3 is 5.97 Å². The van der Waals surface area contributed by atoms with E-state index in [0.29, 0.717) is 29.4 Å². The summed E-state index contributed by atoms with van der Waals surface area (Å²) in [5.74, 6) is -0.199. The number of benzene rings is 1. The molecule has 0 N–H and O–H groups in total. The quantitative estimate of drug-likeness (QED) is 0.798. The largest absolute Gasteiger partial charge is 0.469 e. The third kappa shape index (κ3) is 2.62. The van der Waals surface area contributed by atoms with Crippen molar-refractivity contribution in [2.75, 3.05) is 7.11 Å². The van der Waals surface area contributed by atoms with E-state index in [-0.39, 0.29) is 5.97 Å². The number of ether oxygens (including phenoxy) is 1. The van der Waals surface area contributed by atoms with Crippen LogP contribution in [0.2, 0.25) is 10.0 Å². The number of aromatic nitrogens is 1. The van der Waals surface area contributed by atoms with E-state index < -0.39 is 0 Å². The number of methoxy groups -OCH3 is 1. The molecule has 1 aromatic carbocycles. The van der Waals surface area contributed by atoms with Crippen LogP contribution in [0.4, 0.5) is 0 Å². The molecule has 0 radical (unpaired) electrons. The molecule has 1 aromatic heterocycles. The van der Waals surface area contributed by atoms with Crippen LogP contribution in [0.15, 0.2) is 24.4 Å². The van der Waals surface area contributed by atoms with E-state index in [2.05, 4.69) is 4.74 Å². The molecule has 2 aromatic rings. The van der Waals surface area contributed by atoms with Gasteiger partial charge < -0.3 is 9.30 Å². The van der Waals surface area contributed by atoms with Gasteiger partial charge in [-0.05, 0) is 18.6 Å². The molecule has 0 spiro atoms. The van der Waals surface area contributed by atoms with Gasteiger partial charge in [-0.1, -0.05) is 29.3 Å². The van der Waals surface area contributed by atoms with Gasteiger partial charge in [0.2, 0.25) is 0 Å². The number of hydrogen-bond donors (Lipinski definition) is 0. The highest BCUT2D eigenvalue weighted by Crippen LogP contribution is 2.31. The van der Waals surface area contributed by atoms with Crippen LogP contribution in [-0.4, -0.2) is 17.6 Å². The maximum absolute atomic E-state index is 11.0. The minimum atomic E-state index is -0.199. The second-order valence-corrected chi connectivity index (χ2v) is 4.77. The summed E-state index contributed by atoms with van der Waals surface area (Å²) in [4.78, 5) is 11.0. The normalized spacial score (nSPS) is 10.8. The number of esters is 1. The van der Waals surface area contributed by atoms with Crippen molar-refractivity contribution in [3.8, 4) is 0 Å². The van der Waals surface area contributed by atoms with E-state index in [1.165, 1.54) is 7.11 Å². The molecular weight excluding hydrogens is 273 g/mol. The summed E-state index contributed by atoms with van der Waals surface area (Å²) in [5, 5.41) is 2.14. The first-order valence-corrected chi connectivity index (χ1v) is 6.38. The SMILES string of the molecule is COC(=O)CCCn1ccc2ccc(Cl)c(Cl)c21. The summed E-state index contributed by atoms with van der Waals surface area (Å²) in [6, 6.07) is 5.70. The van der Waals surface area contributed by atoms with Gasteiger partial charge in [0, 0.05) is 24.5 Å². The molecule has 0 aliphatic heterocycles. The molecule has 1 heterocycles. The van der Waals surface area contributed by atoms with E-state index in [1.54, 1.807) is 6.07 Å². The average molecular weight is 286 g/mol. The fourth-order valence-corrected chi connectivity index (χ4v) is 2.34. The number of nitrogens with zero attached hydrogens (tertiary/aromatic N) is 1. The average Bonchev–Trinajstić information content (AvgIpc) is 2.77. The zero-order valence-electron chi connectivity index (χ0n) is 9.95. The van der Waals surface area contributed by atoms with Crippen molar-refractivity contribution >= 4 is 40.1 Å². The summed E-state index contributed by atoms with van der Waals surface area (Å²) >= 11 is 12.2. The summed E-state index contributed by atoms with van der Waals surface area (Å²) in [5.41, 5.74) is 0.911. The van der Waals surface area contributed by atoms with E-state index in [1.807, 2.05) is 22.9 Å². The maximum Gasteiger partial charge on any atom is 0.305 e. The first-order chi connectivity index (χ1) is 8.63. The van der Waals surface area contributed by atoms with Gasteiger partial charge in [0.15, 0.2) is 0 Å². The number of carbonyl (C=O) groups excluding carboxylic acids is 1. The topological polar surface area (TPSA) is 31.2 Å². The van der Waals surface area contributed by atoms with E-state index in [0.717, 1.165) is 10.9 Å². The standard InChI is InChI=1S/C13H13Cl2NO2/c1-18-11(17)3-2-7-16-8-6-9-4-5-10(14)12(15)13(9)16/h4-6,8H,2-3,7H2,1H3. The molecule has 0 fully saturated rings. The smallest absolute Gasteiger partial charge is 0.305 e. The molecule has 18 heavy (non-hydrogen) atoms. The van der Waals surface area contributed by atoms with E-state index >= 15 is 0 Å².